The third-order valence-electron chi connectivity index (χ3n) is 3.53. The van der Waals surface area contributed by atoms with Gasteiger partial charge in [-0.2, -0.15) is 5.10 Å². The van der Waals surface area contributed by atoms with Crippen LogP contribution >= 0.6 is 0 Å². The molecule has 3 heterocycles. The number of hydrogen-bond acceptors (Lipinski definition) is 6. The Morgan fingerprint density at radius 1 is 1.14 bits per heavy atom. The molecule has 0 atom stereocenters. The fourth-order valence-corrected chi connectivity index (χ4v) is 2.36. The van der Waals surface area contributed by atoms with Gasteiger partial charge in [-0.05, 0) is 0 Å². The summed E-state index contributed by atoms with van der Waals surface area (Å²) in [6, 6.07) is 0. The first-order valence-electron chi connectivity index (χ1n) is 6.94. The van der Waals surface area contributed by atoms with E-state index in [0.29, 0.717) is 26.1 Å². The molecular formula is C13H17N7O. The lowest BCUT2D eigenvalue weighted by atomic mass is 10.2. The molecule has 110 valence electrons. The molecule has 0 bridgehead atoms. The van der Waals surface area contributed by atoms with Crippen LogP contribution in [0.25, 0.3) is 0 Å². The van der Waals surface area contributed by atoms with Crippen molar-refractivity contribution in [3.05, 3.63) is 31.2 Å². The SMILES string of the molecule is O=C(CCn1cncn1)N1CCN(c2cnccn2)CC1. The predicted molar refractivity (Wildman–Crippen MR) is 75.5 cm³/mol. The molecule has 1 aliphatic heterocycles. The largest absolute Gasteiger partial charge is 0.352 e. The van der Waals surface area contributed by atoms with Crippen molar-refractivity contribution in [2.45, 2.75) is 13.0 Å². The summed E-state index contributed by atoms with van der Waals surface area (Å²) in [7, 11) is 0. The molecule has 1 fully saturated rings. The van der Waals surface area contributed by atoms with Crippen molar-refractivity contribution < 1.29 is 4.79 Å². The van der Waals surface area contributed by atoms with Gasteiger partial charge in [0.25, 0.3) is 0 Å². The summed E-state index contributed by atoms with van der Waals surface area (Å²) in [4.78, 5) is 28.4. The summed E-state index contributed by atoms with van der Waals surface area (Å²) in [6.07, 6.45) is 8.65. The zero-order valence-electron chi connectivity index (χ0n) is 11.7. The quantitative estimate of drug-likeness (QED) is 0.775. The van der Waals surface area contributed by atoms with Gasteiger partial charge in [-0.1, -0.05) is 0 Å². The number of amides is 1. The van der Waals surface area contributed by atoms with Gasteiger partial charge in [0.2, 0.25) is 5.91 Å². The molecule has 21 heavy (non-hydrogen) atoms. The minimum atomic E-state index is 0.157. The van der Waals surface area contributed by atoms with Crippen LogP contribution in [0, 0.1) is 0 Å². The van der Waals surface area contributed by atoms with E-state index in [1.165, 1.54) is 6.33 Å². The third-order valence-corrected chi connectivity index (χ3v) is 3.53. The second kappa shape index (κ2) is 6.29. The molecule has 1 saturated heterocycles. The molecule has 3 rings (SSSR count). The molecule has 0 N–H and O–H groups in total. The number of carbonyl (C=O) groups is 1. The van der Waals surface area contributed by atoms with Crippen molar-refractivity contribution in [2.24, 2.45) is 0 Å². The lowest BCUT2D eigenvalue weighted by Crippen LogP contribution is -2.49. The predicted octanol–water partition coefficient (Wildman–Crippen LogP) is -0.193. The van der Waals surface area contributed by atoms with Gasteiger partial charge < -0.3 is 9.80 Å². The van der Waals surface area contributed by atoms with Crippen LogP contribution in [-0.4, -0.2) is 61.7 Å². The average molecular weight is 287 g/mol. The van der Waals surface area contributed by atoms with Crippen LogP contribution in [0.3, 0.4) is 0 Å². The van der Waals surface area contributed by atoms with Crippen LogP contribution in [-0.2, 0) is 11.3 Å². The highest BCUT2D eigenvalue weighted by molar-refractivity contribution is 5.76. The Labute approximate surface area is 122 Å². The molecule has 8 nitrogen and oxygen atoms in total. The van der Waals surface area contributed by atoms with Gasteiger partial charge in [0, 0.05) is 45.0 Å². The first-order chi connectivity index (χ1) is 10.3. The van der Waals surface area contributed by atoms with Crippen molar-refractivity contribution >= 4 is 11.7 Å². The second-order valence-electron chi connectivity index (χ2n) is 4.84. The van der Waals surface area contributed by atoms with Gasteiger partial charge in [0.05, 0.1) is 12.7 Å². The highest BCUT2D eigenvalue weighted by atomic mass is 16.2. The molecule has 0 aliphatic carbocycles. The molecule has 0 aromatic carbocycles. The monoisotopic (exact) mass is 287 g/mol. The topological polar surface area (TPSA) is 80.0 Å². The second-order valence-corrected chi connectivity index (χ2v) is 4.84. The molecule has 0 unspecified atom stereocenters. The highest BCUT2D eigenvalue weighted by Gasteiger charge is 2.21. The number of hydrogen-bond donors (Lipinski definition) is 0. The normalized spacial score (nSPS) is 15.2. The molecule has 2 aromatic heterocycles. The summed E-state index contributed by atoms with van der Waals surface area (Å²) >= 11 is 0. The highest BCUT2D eigenvalue weighted by Crippen LogP contribution is 2.12. The van der Waals surface area contributed by atoms with Crippen LogP contribution in [0.1, 0.15) is 6.42 Å². The summed E-state index contributed by atoms with van der Waals surface area (Å²) in [5, 5.41) is 4.00. The molecular weight excluding hydrogens is 270 g/mol. The molecule has 1 aliphatic rings. The lowest BCUT2D eigenvalue weighted by molar-refractivity contribution is -0.131. The van der Waals surface area contributed by atoms with E-state index in [2.05, 4.69) is 25.0 Å². The van der Waals surface area contributed by atoms with E-state index in [0.717, 1.165) is 18.9 Å². The molecule has 0 saturated carbocycles. The number of piperazine rings is 1. The Kier molecular flexibility index (Phi) is 4.04. The standard InChI is InChI=1S/C13H17N7O/c21-13(1-4-20-11-15-10-17-20)19-7-5-18(6-8-19)12-9-14-2-3-16-12/h2-3,9-11H,1,4-8H2. The Morgan fingerprint density at radius 2 is 2.00 bits per heavy atom. The molecule has 1 amide bonds. The number of anilines is 1. The van der Waals surface area contributed by atoms with Crippen LogP contribution < -0.4 is 4.90 Å². The summed E-state index contributed by atoms with van der Waals surface area (Å²) in [5.41, 5.74) is 0. The van der Waals surface area contributed by atoms with Crippen molar-refractivity contribution in [3.8, 4) is 0 Å². The maximum atomic E-state index is 12.2. The minimum Gasteiger partial charge on any atom is -0.352 e. The number of nitrogens with zero attached hydrogens (tertiary/aromatic N) is 7. The minimum absolute atomic E-state index is 0.157. The van der Waals surface area contributed by atoms with Crippen molar-refractivity contribution in [2.75, 3.05) is 31.1 Å². The Hall–Kier alpha value is -2.51. The molecule has 0 radical (unpaired) electrons. The fraction of sp³-hybridized carbons (Fsp3) is 0.462. The summed E-state index contributed by atoms with van der Waals surface area (Å²) in [5.74, 6) is 1.02. The van der Waals surface area contributed by atoms with Crippen LogP contribution in [0.15, 0.2) is 31.2 Å². The lowest BCUT2D eigenvalue weighted by Gasteiger charge is -2.35. The zero-order chi connectivity index (χ0) is 14.5. The van der Waals surface area contributed by atoms with E-state index in [1.807, 2.05) is 4.90 Å². The van der Waals surface area contributed by atoms with E-state index in [4.69, 9.17) is 0 Å². The Bertz CT molecular complexity index is 563. The van der Waals surface area contributed by atoms with E-state index in [-0.39, 0.29) is 5.91 Å². The fourth-order valence-electron chi connectivity index (χ4n) is 2.36. The zero-order valence-corrected chi connectivity index (χ0v) is 11.7. The van der Waals surface area contributed by atoms with Gasteiger partial charge >= 0.3 is 0 Å². The van der Waals surface area contributed by atoms with Gasteiger partial charge in [-0.3, -0.25) is 14.5 Å². The molecule has 8 heteroatoms. The molecule has 0 spiro atoms. The van der Waals surface area contributed by atoms with Crippen molar-refractivity contribution in [1.29, 1.82) is 0 Å². The van der Waals surface area contributed by atoms with Crippen LogP contribution in [0.5, 0.6) is 0 Å². The van der Waals surface area contributed by atoms with Gasteiger partial charge in [-0.15, -0.1) is 0 Å². The number of aromatic nitrogens is 5. The van der Waals surface area contributed by atoms with Gasteiger partial charge in [0.15, 0.2) is 0 Å². The third kappa shape index (κ3) is 3.33. The van der Waals surface area contributed by atoms with Crippen LogP contribution in [0.4, 0.5) is 5.82 Å². The van der Waals surface area contributed by atoms with Gasteiger partial charge in [0.1, 0.15) is 18.5 Å². The maximum Gasteiger partial charge on any atom is 0.224 e. The van der Waals surface area contributed by atoms with E-state index < -0.39 is 0 Å². The first kappa shape index (κ1) is 13.5. The maximum absolute atomic E-state index is 12.2. The summed E-state index contributed by atoms with van der Waals surface area (Å²) < 4.78 is 1.67. The number of aryl methyl sites for hydroxylation is 1. The van der Waals surface area contributed by atoms with Crippen LogP contribution in [0.2, 0.25) is 0 Å². The Balaban J connectivity index is 1.48. The van der Waals surface area contributed by atoms with Crippen molar-refractivity contribution in [1.82, 2.24) is 29.6 Å². The van der Waals surface area contributed by atoms with Gasteiger partial charge in [-0.25, -0.2) is 9.97 Å². The average Bonchev–Trinajstić information content (AvgIpc) is 3.07. The van der Waals surface area contributed by atoms with E-state index in [1.54, 1.807) is 29.6 Å². The summed E-state index contributed by atoms with van der Waals surface area (Å²) in [6.45, 7) is 3.57. The number of rotatable bonds is 4. The first-order valence-corrected chi connectivity index (χ1v) is 6.94. The Morgan fingerprint density at radius 3 is 2.67 bits per heavy atom. The van der Waals surface area contributed by atoms with E-state index >= 15 is 0 Å². The van der Waals surface area contributed by atoms with E-state index in [9.17, 15) is 4.79 Å². The van der Waals surface area contributed by atoms with Crippen molar-refractivity contribution in [3.63, 3.8) is 0 Å². The number of carbonyl (C=O) groups excluding carboxylic acids is 1. The smallest absolute Gasteiger partial charge is 0.224 e. The molecule has 2 aromatic rings.